The normalized spacial score (nSPS) is 20.8. The van der Waals surface area contributed by atoms with Crippen LogP contribution in [0.1, 0.15) is 32.6 Å². The molecule has 1 N–H and O–H groups in total. The Balaban J connectivity index is 1.97. The maximum atomic E-state index is 12.0. The van der Waals surface area contributed by atoms with E-state index in [0.29, 0.717) is 11.9 Å². The summed E-state index contributed by atoms with van der Waals surface area (Å²) in [6.07, 6.45) is 6.02. The van der Waals surface area contributed by atoms with Gasteiger partial charge in [0.25, 0.3) is 0 Å². The van der Waals surface area contributed by atoms with Gasteiger partial charge in [0, 0.05) is 18.7 Å². The monoisotopic (exact) mass is 222 g/mol. The smallest absolute Gasteiger partial charge is 0.324 e. The van der Waals surface area contributed by atoms with Gasteiger partial charge in [-0.15, -0.1) is 0 Å². The van der Waals surface area contributed by atoms with Gasteiger partial charge in [-0.05, 0) is 31.7 Å². The van der Waals surface area contributed by atoms with Crippen LogP contribution in [0.15, 0.2) is 22.8 Å². The molecule has 1 saturated heterocycles. The van der Waals surface area contributed by atoms with Crippen molar-refractivity contribution in [1.29, 1.82) is 0 Å². The Morgan fingerprint density at radius 2 is 2.50 bits per heavy atom. The zero-order valence-electron chi connectivity index (χ0n) is 9.61. The predicted molar refractivity (Wildman–Crippen MR) is 62.4 cm³/mol. The molecule has 0 bridgehead atoms. The maximum absolute atomic E-state index is 12.0. The molecule has 1 aromatic heterocycles. The number of furan rings is 1. The Labute approximate surface area is 95.6 Å². The summed E-state index contributed by atoms with van der Waals surface area (Å²) < 4.78 is 5.11. The Morgan fingerprint density at radius 1 is 1.62 bits per heavy atom. The Hall–Kier alpha value is -1.45. The number of anilines is 1. The summed E-state index contributed by atoms with van der Waals surface area (Å²) >= 11 is 0. The Bertz CT molecular complexity index is 335. The van der Waals surface area contributed by atoms with Gasteiger partial charge in [-0.3, -0.25) is 5.32 Å². The lowest BCUT2D eigenvalue weighted by Gasteiger charge is -2.34. The summed E-state index contributed by atoms with van der Waals surface area (Å²) in [5, 5.41) is 2.78. The van der Waals surface area contributed by atoms with Crippen molar-refractivity contribution in [1.82, 2.24) is 4.90 Å². The molecule has 1 atom stereocenters. The molecule has 1 fully saturated rings. The second-order valence-electron chi connectivity index (χ2n) is 4.16. The summed E-state index contributed by atoms with van der Waals surface area (Å²) in [6.45, 7) is 2.98. The fourth-order valence-corrected chi connectivity index (χ4v) is 2.22. The zero-order chi connectivity index (χ0) is 11.4. The molecule has 0 radical (unpaired) electrons. The minimum absolute atomic E-state index is 0.0403. The van der Waals surface area contributed by atoms with Crippen LogP contribution in [0.2, 0.25) is 0 Å². The van der Waals surface area contributed by atoms with Gasteiger partial charge in [0.2, 0.25) is 5.88 Å². The molecular weight excluding hydrogens is 204 g/mol. The van der Waals surface area contributed by atoms with E-state index in [4.69, 9.17) is 4.42 Å². The molecule has 1 aliphatic rings. The second-order valence-corrected chi connectivity index (χ2v) is 4.16. The molecule has 2 heterocycles. The molecule has 1 aliphatic heterocycles. The zero-order valence-corrected chi connectivity index (χ0v) is 9.61. The largest absolute Gasteiger partial charge is 0.449 e. The van der Waals surface area contributed by atoms with Crippen molar-refractivity contribution in [2.75, 3.05) is 11.9 Å². The summed E-state index contributed by atoms with van der Waals surface area (Å²) in [5.74, 6) is 0.519. The van der Waals surface area contributed by atoms with Crippen molar-refractivity contribution in [3.63, 3.8) is 0 Å². The first kappa shape index (κ1) is 11.0. The van der Waals surface area contributed by atoms with Crippen LogP contribution in [0.4, 0.5) is 10.7 Å². The van der Waals surface area contributed by atoms with Crippen LogP contribution in [0.25, 0.3) is 0 Å². The van der Waals surface area contributed by atoms with E-state index in [2.05, 4.69) is 12.2 Å². The number of urea groups is 1. The minimum Gasteiger partial charge on any atom is -0.449 e. The topological polar surface area (TPSA) is 45.5 Å². The van der Waals surface area contributed by atoms with Crippen molar-refractivity contribution in [3.05, 3.63) is 18.4 Å². The fraction of sp³-hybridized carbons (Fsp3) is 0.583. The predicted octanol–water partition coefficient (Wildman–Crippen LogP) is 3.08. The van der Waals surface area contributed by atoms with Crippen molar-refractivity contribution >= 4 is 11.9 Å². The highest BCUT2D eigenvalue weighted by atomic mass is 16.3. The van der Waals surface area contributed by atoms with Crippen LogP contribution in [0.3, 0.4) is 0 Å². The molecule has 0 saturated carbocycles. The van der Waals surface area contributed by atoms with Gasteiger partial charge < -0.3 is 9.32 Å². The van der Waals surface area contributed by atoms with E-state index in [0.717, 1.165) is 25.8 Å². The maximum Gasteiger partial charge on any atom is 0.324 e. The molecule has 1 aromatic rings. The number of rotatable bonds is 2. The highest BCUT2D eigenvalue weighted by Gasteiger charge is 2.25. The molecule has 2 amide bonds. The van der Waals surface area contributed by atoms with E-state index in [1.54, 1.807) is 18.4 Å². The third kappa shape index (κ3) is 2.38. The van der Waals surface area contributed by atoms with Crippen LogP contribution >= 0.6 is 0 Å². The SMILES string of the molecule is CCC1CCCCN1C(=O)Nc1ccco1. The molecule has 0 aromatic carbocycles. The van der Waals surface area contributed by atoms with Crippen LogP contribution in [-0.2, 0) is 0 Å². The third-order valence-electron chi connectivity index (χ3n) is 3.11. The highest BCUT2D eigenvalue weighted by Crippen LogP contribution is 2.20. The van der Waals surface area contributed by atoms with Crippen molar-refractivity contribution in [2.45, 2.75) is 38.6 Å². The van der Waals surface area contributed by atoms with Gasteiger partial charge in [-0.25, -0.2) is 4.79 Å². The molecule has 0 aliphatic carbocycles. The summed E-state index contributed by atoms with van der Waals surface area (Å²) in [7, 11) is 0. The van der Waals surface area contributed by atoms with E-state index in [-0.39, 0.29) is 6.03 Å². The van der Waals surface area contributed by atoms with Gasteiger partial charge in [0.05, 0.1) is 6.26 Å². The van der Waals surface area contributed by atoms with Crippen LogP contribution in [-0.4, -0.2) is 23.5 Å². The van der Waals surface area contributed by atoms with Crippen molar-refractivity contribution < 1.29 is 9.21 Å². The van der Waals surface area contributed by atoms with Crippen LogP contribution in [0, 0.1) is 0 Å². The first-order chi connectivity index (χ1) is 7.81. The van der Waals surface area contributed by atoms with Crippen molar-refractivity contribution in [3.8, 4) is 0 Å². The van der Waals surface area contributed by atoms with E-state index in [1.807, 2.05) is 4.90 Å². The lowest BCUT2D eigenvalue weighted by Crippen LogP contribution is -2.45. The average Bonchev–Trinajstić information content (AvgIpc) is 2.81. The van der Waals surface area contributed by atoms with Crippen molar-refractivity contribution in [2.24, 2.45) is 0 Å². The molecule has 2 rings (SSSR count). The third-order valence-corrected chi connectivity index (χ3v) is 3.11. The van der Waals surface area contributed by atoms with Gasteiger partial charge in [0.15, 0.2) is 0 Å². The number of nitrogens with zero attached hydrogens (tertiary/aromatic N) is 1. The number of likely N-dealkylation sites (tertiary alicyclic amines) is 1. The summed E-state index contributed by atoms with van der Waals surface area (Å²) in [4.78, 5) is 13.9. The molecule has 0 spiro atoms. The molecule has 1 unspecified atom stereocenters. The first-order valence-electron chi connectivity index (χ1n) is 5.92. The molecule has 4 heteroatoms. The lowest BCUT2D eigenvalue weighted by atomic mass is 10.0. The summed E-state index contributed by atoms with van der Waals surface area (Å²) in [5.41, 5.74) is 0. The van der Waals surface area contributed by atoms with Gasteiger partial charge >= 0.3 is 6.03 Å². The minimum atomic E-state index is -0.0403. The molecule has 4 nitrogen and oxygen atoms in total. The number of piperidine rings is 1. The number of hydrogen-bond donors (Lipinski definition) is 1. The Kier molecular flexibility index (Phi) is 3.49. The van der Waals surface area contributed by atoms with Crippen LogP contribution < -0.4 is 5.32 Å². The summed E-state index contributed by atoms with van der Waals surface area (Å²) in [6, 6.07) is 3.86. The van der Waals surface area contributed by atoms with E-state index in [1.165, 1.54) is 6.42 Å². The average molecular weight is 222 g/mol. The number of carbonyl (C=O) groups excluding carboxylic acids is 1. The number of nitrogens with one attached hydrogen (secondary N) is 1. The molecule has 16 heavy (non-hydrogen) atoms. The quantitative estimate of drug-likeness (QED) is 0.835. The van der Waals surface area contributed by atoms with Gasteiger partial charge in [-0.1, -0.05) is 6.92 Å². The Morgan fingerprint density at radius 3 is 3.19 bits per heavy atom. The number of carbonyl (C=O) groups is 1. The fourth-order valence-electron chi connectivity index (χ4n) is 2.22. The van der Waals surface area contributed by atoms with E-state index >= 15 is 0 Å². The second kappa shape index (κ2) is 5.05. The highest BCUT2D eigenvalue weighted by molar-refractivity contribution is 5.88. The number of amides is 2. The van der Waals surface area contributed by atoms with Gasteiger partial charge in [0.1, 0.15) is 0 Å². The molecule has 88 valence electrons. The van der Waals surface area contributed by atoms with Gasteiger partial charge in [-0.2, -0.15) is 0 Å². The molecular formula is C12H18N2O2. The standard InChI is InChI=1S/C12H18N2O2/c1-2-10-6-3-4-8-14(10)12(15)13-11-7-5-9-16-11/h5,7,9-10H,2-4,6,8H2,1H3,(H,13,15). The van der Waals surface area contributed by atoms with E-state index in [9.17, 15) is 4.79 Å². The first-order valence-corrected chi connectivity index (χ1v) is 5.92. The number of hydrogen-bond acceptors (Lipinski definition) is 2. The van der Waals surface area contributed by atoms with Crippen LogP contribution in [0.5, 0.6) is 0 Å². The lowest BCUT2D eigenvalue weighted by molar-refractivity contribution is 0.160. The van der Waals surface area contributed by atoms with E-state index < -0.39 is 0 Å².